The SMILES string of the molecule is Cc1ccccc1NC(=O)c1ccns1. The first-order valence-electron chi connectivity index (χ1n) is 4.55. The van der Waals surface area contributed by atoms with Gasteiger partial charge < -0.3 is 5.32 Å². The summed E-state index contributed by atoms with van der Waals surface area (Å²) in [7, 11) is 0. The van der Waals surface area contributed by atoms with Gasteiger partial charge in [0.15, 0.2) is 0 Å². The van der Waals surface area contributed by atoms with Gasteiger partial charge in [-0.2, -0.15) is 0 Å². The summed E-state index contributed by atoms with van der Waals surface area (Å²) >= 11 is 1.19. The largest absolute Gasteiger partial charge is 0.321 e. The highest BCUT2D eigenvalue weighted by atomic mass is 32.1. The number of aryl methyl sites for hydroxylation is 1. The fourth-order valence-electron chi connectivity index (χ4n) is 1.23. The van der Waals surface area contributed by atoms with Gasteiger partial charge in [-0.25, -0.2) is 4.37 Å². The maximum atomic E-state index is 11.7. The van der Waals surface area contributed by atoms with Gasteiger partial charge in [0.25, 0.3) is 5.91 Å². The summed E-state index contributed by atoms with van der Waals surface area (Å²) in [5.74, 6) is -0.105. The maximum Gasteiger partial charge on any atom is 0.267 e. The van der Waals surface area contributed by atoms with Crippen LogP contribution in [0.2, 0.25) is 0 Å². The standard InChI is InChI=1S/C11H10N2OS/c1-8-4-2-3-5-9(8)13-11(14)10-6-7-12-15-10/h2-7H,1H3,(H,13,14). The first kappa shape index (κ1) is 9.86. The lowest BCUT2D eigenvalue weighted by atomic mass is 10.2. The molecule has 0 saturated heterocycles. The zero-order chi connectivity index (χ0) is 10.7. The Labute approximate surface area is 91.9 Å². The Morgan fingerprint density at radius 1 is 1.33 bits per heavy atom. The predicted molar refractivity (Wildman–Crippen MR) is 61.2 cm³/mol. The number of para-hydroxylation sites is 1. The van der Waals surface area contributed by atoms with E-state index in [1.807, 2.05) is 31.2 Å². The highest BCUT2D eigenvalue weighted by molar-refractivity contribution is 7.08. The summed E-state index contributed by atoms with van der Waals surface area (Å²) in [5, 5.41) is 2.84. The highest BCUT2D eigenvalue weighted by Gasteiger charge is 2.08. The maximum absolute atomic E-state index is 11.7. The number of carbonyl (C=O) groups is 1. The summed E-state index contributed by atoms with van der Waals surface area (Å²) in [4.78, 5) is 12.3. The first-order chi connectivity index (χ1) is 7.27. The van der Waals surface area contributed by atoms with Crippen LogP contribution < -0.4 is 5.32 Å². The molecule has 1 amide bonds. The van der Waals surface area contributed by atoms with E-state index in [0.29, 0.717) is 4.88 Å². The van der Waals surface area contributed by atoms with Crippen molar-refractivity contribution in [2.45, 2.75) is 6.92 Å². The second-order valence-corrected chi connectivity index (χ2v) is 3.98. The molecule has 0 spiro atoms. The van der Waals surface area contributed by atoms with Crippen LogP contribution in [0.15, 0.2) is 36.5 Å². The number of hydrogen-bond donors (Lipinski definition) is 1. The van der Waals surface area contributed by atoms with E-state index >= 15 is 0 Å². The second-order valence-electron chi connectivity index (χ2n) is 3.15. The van der Waals surface area contributed by atoms with Crippen LogP contribution in [0.1, 0.15) is 15.2 Å². The van der Waals surface area contributed by atoms with Gasteiger partial charge >= 0.3 is 0 Å². The van der Waals surface area contributed by atoms with Gasteiger partial charge in [0.05, 0.1) is 0 Å². The Morgan fingerprint density at radius 2 is 2.13 bits per heavy atom. The molecule has 0 aliphatic rings. The van der Waals surface area contributed by atoms with Crippen LogP contribution in [0.3, 0.4) is 0 Å². The summed E-state index contributed by atoms with van der Waals surface area (Å²) in [6.45, 7) is 1.96. The van der Waals surface area contributed by atoms with Crippen molar-refractivity contribution in [3.8, 4) is 0 Å². The third kappa shape index (κ3) is 2.22. The monoisotopic (exact) mass is 218 g/mol. The normalized spacial score (nSPS) is 9.93. The van der Waals surface area contributed by atoms with Crippen molar-refractivity contribution in [3.63, 3.8) is 0 Å². The van der Waals surface area contributed by atoms with Crippen LogP contribution in [0.4, 0.5) is 5.69 Å². The lowest BCUT2D eigenvalue weighted by Gasteiger charge is -2.05. The first-order valence-corrected chi connectivity index (χ1v) is 5.32. The number of rotatable bonds is 2. The molecule has 0 aliphatic heterocycles. The van der Waals surface area contributed by atoms with Gasteiger partial charge in [-0.1, -0.05) is 18.2 Å². The number of anilines is 1. The number of amides is 1. The van der Waals surface area contributed by atoms with Gasteiger partial charge in [-0.05, 0) is 36.2 Å². The zero-order valence-corrected chi connectivity index (χ0v) is 9.04. The van der Waals surface area contributed by atoms with Gasteiger partial charge in [-0.15, -0.1) is 0 Å². The molecule has 0 radical (unpaired) electrons. The van der Waals surface area contributed by atoms with E-state index in [1.54, 1.807) is 12.3 Å². The van der Waals surface area contributed by atoms with Crippen molar-refractivity contribution in [3.05, 3.63) is 47.0 Å². The van der Waals surface area contributed by atoms with Crippen molar-refractivity contribution < 1.29 is 4.79 Å². The molecule has 0 atom stereocenters. The molecule has 0 aliphatic carbocycles. The molecule has 1 heterocycles. The van der Waals surface area contributed by atoms with Gasteiger partial charge in [-0.3, -0.25) is 4.79 Å². The molecule has 0 fully saturated rings. The molecule has 2 rings (SSSR count). The number of hydrogen-bond acceptors (Lipinski definition) is 3. The predicted octanol–water partition coefficient (Wildman–Crippen LogP) is 2.70. The number of aromatic nitrogens is 1. The molecule has 1 aromatic carbocycles. The van der Waals surface area contributed by atoms with Crippen LogP contribution in [-0.4, -0.2) is 10.3 Å². The van der Waals surface area contributed by atoms with Crippen LogP contribution in [-0.2, 0) is 0 Å². The van der Waals surface area contributed by atoms with Crippen LogP contribution in [0.5, 0.6) is 0 Å². The van der Waals surface area contributed by atoms with E-state index < -0.39 is 0 Å². The molecular formula is C11H10N2OS. The minimum absolute atomic E-state index is 0.105. The van der Waals surface area contributed by atoms with E-state index in [9.17, 15) is 4.79 Å². The van der Waals surface area contributed by atoms with Crippen molar-refractivity contribution in [1.29, 1.82) is 0 Å². The van der Waals surface area contributed by atoms with E-state index in [0.717, 1.165) is 11.3 Å². The lowest BCUT2D eigenvalue weighted by molar-refractivity contribution is 0.103. The van der Waals surface area contributed by atoms with E-state index in [4.69, 9.17) is 0 Å². The number of nitrogens with zero attached hydrogens (tertiary/aromatic N) is 1. The third-order valence-electron chi connectivity index (χ3n) is 2.05. The molecular weight excluding hydrogens is 208 g/mol. The Morgan fingerprint density at radius 3 is 2.80 bits per heavy atom. The van der Waals surface area contributed by atoms with E-state index in [1.165, 1.54) is 11.5 Å². The average molecular weight is 218 g/mol. The highest BCUT2D eigenvalue weighted by Crippen LogP contribution is 2.15. The van der Waals surface area contributed by atoms with Gasteiger partial charge in [0, 0.05) is 11.9 Å². The van der Waals surface area contributed by atoms with Gasteiger partial charge in [0.1, 0.15) is 4.88 Å². The Balaban J connectivity index is 2.17. The lowest BCUT2D eigenvalue weighted by Crippen LogP contribution is -2.10. The van der Waals surface area contributed by atoms with E-state index in [-0.39, 0.29) is 5.91 Å². The average Bonchev–Trinajstić information content (AvgIpc) is 2.74. The Hall–Kier alpha value is -1.68. The molecule has 4 heteroatoms. The molecule has 76 valence electrons. The molecule has 1 N–H and O–H groups in total. The summed E-state index contributed by atoms with van der Waals surface area (Å²) < 4.78 is 3.89. The Kier molecular flexibility index (Phi) is 2.78. The molecule has 1 aromatic heterocycles. The second kappa shape index (κ2) is 4.23. The third-order valence-corrected chi connectivity index (χ3v) is 2.80. The Bertz CT molecular complexity index is 465. The van der Waals surface area contributed by atoms with Crippen molar-refractivity contribution >= 4 is 23.1 Å². The van der Waals surface area contributed by atoms with Crippen LogP contribution in [0.25, 0.3) is 0 Å². The van der Waals surface area contributed by atoms with Crippen LogP contribution >= 0.6 is 11.5 Å². The minimum Gasteiger partial charge on any atom is -0.321 e. The summed E-state index contributed by atoms with van der Waals surface area (Å²) in [5.41, 5.74) is 1.89. The molecule has 15 heavy (non-hydrogen) atoms. The topological polar surface area (TPSA) is 42.0 Å². The molecule has 0 saturated carbocycles. The molecule has 0 bridgehead atoms. The number of benzene rings is 1. The fourth-order valence-corrected chi connectivity index (χ4v) is 1.72. The smallest absolute Gasteiger partial charge is 0.267 e. The molecule has 2 aromatic rings. The van der Waals surface area contributed by atoms with Crippen molar-refractivity contribution in [2.24, 2.45) is 0 Å². The number of carbonyl (C=O) groups excluding carboxylic acids is 1. The van der Waals surface area contributed by atoms with Crippen molar-refractivity contribution in [2.75, 3.05) is 5.32 Å². The van der Waals surface area contributed by atoms with Gasteiger partial charge in [0.2, 0.25) is 0 Å². The molecule has 3 nitrogen and oxygen atoms in total. The number of nitrogens with one attached hydrogen (secondary N) is 1. The minimum atomic E-state index is -0.105. The molecule has 0 unspecified atom stereocenters. The van der Waals surface area contributed by atoms with Crippen LogP contribution in [0, 0.1) is 6.92 Å². The fraction of sp³-hybridized carbons (Fsp3) is 0.0909. The summed E-state index contributed by atoms with van der Waals surface area (Å²) in [6.07, 6.45) is 1.62. The zero-order valence-electron chi connectivity index (χ0n) is 8.23. The van der Waals surface area contributed by atoms with E-state index in [2.05, 4.69) is 9.69 Å². The van der Waals surface area contributed by atoms with Crippen molar-refractivity contribution in [1.82, 2.24) is 4.37 Å². The summed E-state index contributed by atoms with van der Waals surface area (Å²) in [6, 6.07) is 9.39. The quantitative estimate of drug-likeness (QED) is 0.842.